The monoisotopic (exact) mass is 332 g/mol. The van der Waals surface area contributed by atoms with Gasteiger partial charge < -0.3 is 0 Å². The summed E-state index contributed by atoms with van der Waals surface area (Å²) < 4.78 is 78.6. The molecule has 0 saturated carbocycles. The van der Waals surface area contributed by atoms with Crippen molar-refractivity contribution in [3.63, 3.8) is 0 Å². The molecule has 0 nitrogen and oxygen atoms in total. The molecule has 6 heteroatoms. The molecule has 0 saturated heterocycles. The predicted octanol–water partition coefficient (Wildman–Crippen LogP) is 5.93. The van der Waals surface area contributed by atoms with Gasteiger partial charge in [0.2, 0.25) is 0 Å². The largest absolute Gasteiger partial charge is 0.416 e. The van der Waals surface area contributed by atoms with Crippen molar-refractivity contribution >= 4 is 0 Å². The molecule has 0 fully saturated rings. The lowest BCUT2D eigenvalue weighted by Gasteiger charge is -2.17. The van der Waals surface area contributed by atoms with Crippen molar-refractivity contribution in [3.05, 3.63) is 69.8 Å². The summed E-state index contributed by atoms with van der Waals surface area (Å²) in [6.07, 6.45) is -9.64. The molecule has 0 bridgehead atoms. The Morgan fingerprint density at radius 2 is 1.00 bits per heavy atom. The third kappa shape index (κ3) is 4.06. The first kappa shape index (κ1) is 17.4. The molecule has 124 valence electrons. The predicted molar refractivity (Wildman–Crippen MR) is 75.2 cm³/mol. The minimum atomic E-state index is -4.61. The molecule has 0 heterocycles. The third-order valence-corrected chi connectivity index (χ3v) is 3.52. The Labute approximate surface area is 129 Å². The quantitative estimate of drug-likeness (QED) is 0.598. The van der Waals surface area contributed by atoms with Crippen LogP contribution in [-0.4, -0.2) is 0 Å². The summed E-state index contributed by atoms with van der Waals surface area (Å²) in [5, 5.41) is 0. The first-order chi connectivity index (χ1) is 10.5. The molecule has 0 aromatic heterocycles. The highest BCUT2D eigenvalue weighted by atomic mass is 19.4. The standard InChI is InChI=1S/C17H14F6/c1-10-3-5-12(14(7-10)16(18,19)20)9-13-6-4-11(2)8-15(13)17(21,22)23/h3-8H,9H2,1-2H3. The summed E-state index contributed by atoms with van der Waals surface area (Å²) in [7, 11) is 0. The minimum Gasteiger partial charge on any atom is -0.166 e. The van der Waals surface area contributed by atoms with Gasteiger partial charge >= 0.3 is 12.4 Å². The van der Waals surface area contributed by atoms with Gasteiger partial charge in [-0.3, -0.25) is 0 Å². The van der Waals surface area contributed by atoms with Gasteiger partial charge in [0.05, 0.1) is 11.1 Å². The first-order valence-electron chi connectivity index (χ1n) is 6.82. The molecule has 0 unspecified atom stereocenters. The minimum absolute atomic E-state index is 0.169. The molecule has 0 amide bonds. The van der Waals surface area contributed by atoms with Crippen LogP contribution in [0.15, 0.2) is 36.4 Å². The third-order valence-electron chi connectivity index (χ3n) is 3.52. The van der Waals surface area contributed by atoms with Gasteiger partial charge in [-0.05, 0) is 43.5 Å². The van der Waals surface area contributed by atoms with Crippen LogP contribution in [0.2, 0.25) is 0 Å². The van der Waals surface area contributed by atoms with Crippen LogP contribution < -0.4 is 0 Å². The summed E-state index contributed by atoms with van der Waals surface area (Å²) in [6.45, 7) is 3.01. The molecule has 0 aliphatic heterocycles. The number of benzene rings is 2. The van der Waals surface area contributed by atoms with E-state index in [0.717, 1.165) is 12.1 Å². The van der Waals surface area contributed by atoms with Gasteiger partial charge in [-0.15, -0.1) is 0 Å². The van der Waals surface area contributed by atoms with Crippen LogP contribution >= 0.6 is 0 Å². The highest BCUT2D eigenvalue weighted by molar-refractivity contribution is 5.41. The zero-order chi connectivity index (χ0) is 17.4. The summed E-state index contributed by atoms with van der Waals surface area (Å²) in [5.74, 6) is 0. The first-order valence-corrected chi connectivity index (χ1v) is 6.82. The van der Waals surface area contributed by atoms with E-state index in [9.17, 15) is 26.3 Å². The van der Waals surface area contributed by atoms with Crippen LogP contribution in [0.3, 0.4) is 0 Å². The van der Waals surface area contributed by atoms with E-state index in [-0.39, 0.29) is 11.1 Å². The van der Waals surface area contributed by atoms with Crippen molar-refractivity contribution in [2.45, 2.75) is 32.6 Å². The van der Waals surface area contributed by atoms with Crippen molar-refractivity contribution in [2.24, 2.45) is 0 Å². The maximum absolute atomic E-state index is 13.1. The van der Waals surface area contributed by atoms with Gasteiger partial charge in [0, 0.05) is 0 Å². The van der Waals surface area contributed by atoms with Crippen molar-refractivity contribution in [3.8, 4) is 0 Å². The Bertz CT molecular complexity index is 648. The second-order valence-corrected chi connectivity index (χ2v) is 5.49. The van der Waals surface area contributed by atoms with Crippen LogP contribution in [0.25, 0.3) is 0 Å². The van der Waals surface area contributed by atoms with E-state index in [0.29, 0.717) is 11.1 Å². The van der Waals surface area contributed by atoms with Crippen molar-refractivity contribution in [1.82, 2.24) is 0 Å². The Morgan fingerprint density at radius 3 is 1.30 bits per heavy atom. The van der Waals surface area contributed by atoms with Gasteiger partial charge in [0.1, 0.15) is 0 Å². The van der Waals surface area contributed by atoms with Gasteiger partial charge in [-0.1, -0.05) is 35.4 Å². The Kier molecular flexibility index (Phi) is 4.46. The van der Waals surface area contributed by atoms with Crippen LogP contribution in [-0.2, 0) is 18.8 Å². The Hall–Kier alpha value is -1.98. The van der Waals surface area contributed by atoms with Crippen molar-refractivity contribution in [2.75, 3.05) is 0 Å². The van der Waals surface area contributed by atoms with Crippen LogP contribution in [0.1, 0.15) is 33.4 Å². The van der Waals surface area contributed by atoms with Crippen LogP contribution in [0.5, 0.6) is 0 Å². The fraction of sp³-hybridized carbons (Fsp3) is 0.294. The molecule has 0 N–H and O–H groups in total. The van der Waals surface area contributed by atoms with E-state index < -0.39 is 29.9 Å². The maximum Gasteiger partial charge on any atom is 0.416 e. The van der Waals surface area contributed by atoms with E-state index in [4.69, 9.17) is 0 Å². The molecule has 0 aliphatic carbocycles. The molecule has 23 heavy (non-hydrogen) atoms. The average molecular weight is 332 g/mol. The lowest BCUT2D eigenvalue weighted by molar-refractivity contribution is -0.138. The molecule has 0 atom stereocenters. The normalized spacial score (nSPS) is 12.5. The number of hydrogen-bond donors (Lipinski definition) is 0. The summed E-state index contributed by atoms with van der Waals surface area (Å²) in [4.78, 5) is 0. The summed E-state index contributed by atoms with van der Waals surface area (Å²) in [5.41, 5.74) is -1.32. The van der Waals surface area contributed by atoms with Crippen molar-refractivity contribution < 1.29 is 26.3 Å². The second kappa shape index (κ2) is 5.91. The number of rotatable bonds is 2. The average Bonchev–Trinajstić information content (AvgIpc) is 2.40. The lowest BCUT2D eigenvalue weighted by atomic mass is 9.94. The Morgan fingerprint density at radius 1 is 0.652 bits per heavy atom. The highest BCUT2D eigenvalue weighted by Crippen LogP contribution is 2.37. The molecule has 2 rings (SSSR count). The zero-order valence-corrected chi connectivity index (χ0v) is 12.4. The molecule has 0 spiro atoms. The summed E-state index contributed by atoms with van der Waals surface area (Å²) >= 11 is 0. The van der Waals surface area contributed by atoms with Crippen LogP contribution in [0.4, 0.5) is 26.3 Å². The van der Waals surface area contributed by atoms with Gasteiger partial charge in [0.15, 0.2) is 0 Å². The van der Waals surface area contributed by atoms with Crippen LogP contribution in [0, 0.1) is 13.8 Å². The highest BCUT2D eigenvalue weighted by Gasteiger charge is 2.36. The van der Waals surface area contributed by atoms with E-state index in [1.165, 1.54) is 38.1 Å². The van der Waals surface area contributed by atoms with E-state index in [2.05, 4.69) is 0 Å². The van der Waals surface area contributed by atoms with Gasteiger partial charge in [-0.25, -0.2) is 0 Å². The van der Waals surface area contributed by atoms with E-state index in [1.807, 2.05) is 0 Å². The van der Waals surface area contributed by atoms with Crippen molar-refractivity contribution in [1.29, 1.82) is 0 Å². The molecule has 0 radical (unpaired) electrons. The zero-order valence-electron chi connectivity index (χ0n) is 12.4. The SMILES string of the molecule is Cc1ccc(Cc2ccc(C)cc2C(F)(F)F)c(C(F)(F)F)c1. The number of aryl methyl sites for hydroxylation is 2. The molecule has 2 aromatic rings. The second-order valence-electron chi connectivity index (χ2n) is 5.49. The van der Waals surface area contributed by atoms with Gasteiger partial charge in [-0.2, -0.15) is 26.3 Å². The van der Waals surface area contributed by atoms with E-state index >= 15 is 0 Å². The molecule has 2 aromatic carbocycles. The molecule has 0 aliphatic rings. The molecular weight excluding hydrogens is 318 g/mol. The fourth-order valence-corrected chi connectivity index (χ4v) is 2.42. The lowest BCUT2D eigenvalue weighted by Crippen LogP contribution is -2.13. The van der Waals surface area contributed by atoms with E-state index in [1.54, 1.807) is 0 Å². The topological polar surface area (TPSA) is 0 Å². The fourth-order valence-electron chi connectivity index (χ4n) is 2.42. The summed E-state index contributed by atoms with van der Waals surface area (Å²) in [6, 6.07) is 7.31. The number of halogens is 6. The Balaban J connectivity index is 2.53. The number of hydrogen-bond acceptors (Lipinski definition) is 0. The smallest absolute Gasteiger partial charge is 0.166 e. The number of alkyl halides is 6. The van der Waals surface area contributed by atoms with Gasteiger partial charge in [0.25, 0.3) is 0 Å². The molecular formula is C17H14F6. The maximum atomic E-state index is 13.1.